The Labute approximate surface area is 221 Å². The van der Waals surface area contributed by atoms with Gasteiger partial charge >= 0.3 is 6.16 Å². The van der Waals surface area contributed by atoms with Gasteiger partial charge in [-0.15, -0.1) is 0 Å². The topological polar surface area (TPSA) is 94.1 Å². The first-order valence-electron chi connectivity index (χ1n) is 12.2. The molecule has 1 atom stereocenters. The van der Waals surface area contributed by atoms with Crippen molar-refractivity contribution in [2.75, 3.05) is 6.61 Å². The quantitative estimate of drug-likeness (QED) is 0.209. The molecule has 1 unspecified atom stereocenters. The van der Waals surface area contributed by atoms with Gasteiger partial charge in [0.25, 0.3) is 5.91 Å². The first kappa shape index (κ1) is 26.4. The summed E-state index contributed by atoms with van der Waals surface area (Å²) in [6.45, 7) is 0.338. The molecule has 7 heteroatoms. The summed E-state index contributed by atoms with van der Waals surface area (Å²) in [5.41, 5.74) is 3.25. The van der Waals surface area contributed by atoms with Crippen LogP contribution in [0.25, 0.3) is 0 Å². The number of nitrogens with one attached hydrogen (secondary N) is 1. The fourth-order valence-electron chi connectivity index (χ4n) is 3.69. The molecule has 0 heterocycles. The molecule has 4 rings (SSSR count). The summed E-state index contributed by atoms with van der Waals surface area (Å²) in [6, 6.07) is 32.4. The van der Waals surface area contributed by atoms with Crippen LogP contribution in [0.4, 0.5) is 4.79 Å². The van der Waals surface area contributed by atoms with Crippen molar-refractivity contribution >= 4 is 12.1 Å². The minimum absolute atomic E-state index is 0.124. The summed E-state index contributed by atoms with van der Waals surface area (Å²) in [6.07, 6.45) is -0.391. The molecule has 4 aromatic carbocycles. The number of rotatable bonds is 11. The number of benzene rings is 4. The van der Waals surface area contributed by atoms with E-state index in [-0.39, 0.29) is 19.1 Å². The maximum absolute atomic E-state index is 12.7. The van der Waals surface area contributed by atoms with Crippen molar-refractivity contribution in [3.05, 3.63) is 131 Å². The van der Waals surface area contributed by atoms with Crippen LogP contribution in [0.15, 0.2) is 109 Å². The summed E-state index contributed by atoms with van der Waals surface area (Å²) < 4.78 is 16.1. The maximum Gasteiger partial charge on any atom is 0.514 e. The van der Waals surface area contributed by atoms with Gasteiger partial charge in [0.1, 0.15) is 24.7 Å². The maximum atomic E-state index is 12.7. The third kappa shape index (κ3) is 8.21. The molecule has 0 spiro atoms. The Bertz CT molecular complexity index is 1290. The van der Waals surface area contributed by atoms with Crippen LogP contribution >= 0.6 is 0 Å². The lowest BCUT2D eigenvalue weighted by Gasteiger charge is -2.17. The number of hydrogen-bond donors (Lipinski definition) is 2. The molecule has 0 aliphatic carbocycles. The van der Waals surface area contributed by atoms with E-state index in [0.717, 1.165) is 16.7 Å². The molecular formula is C31H29NO6. The van der Waals surface area contributed by atoms with Crippen LogP contribution in [-0.2, 0) is 24.4 Å². The first-order valence-corrected chi connectivity index (χ1v) is 12.2. The molecule has 0 aromatic heterocycles. The highest BCUT2D eigenvalue weighted by atomic mass is 16.7. The predicted molar refractivity (Wildman–Crippen MR) is 143 cm³/mol. The van der Waals surface area contributed by atoms with Gasteiger partial charge < -0.3 is 24.6 Å². The van der Waals surface area contributed by atoms with Gasteiger partial charge in [0.05, 0.1) is 12.6 Å². The van der Waals surface area contributed by atoms with Gasteiger partial charge in [-0.3, -0.25) is 4.79 Å². The lowest BCUT2D eigenvalue weighted by atomic mass is 10.1. The Morgan fingerprint density at radius 3 is 1.87 bits per heavy atom. The highest BCUT2D eigenvalue weighted by Crippen LogP contribution is 2.17. The number of ether oxygens (including phenoxy) is 3. The number of carbonyl (C=O) groups excluding carboxylic acids is 2. The average Bonchev–Trinajstić information content (AvgIpc) is 2.97. The van der Waals surface area contributed by atoms with Crippen molar-refractivity contribution in [2.24, 2.45) is 0 Å². The van der Waals surface area contributed by atoms with Crippen LogP contribution in [-0.4, -0.2) is 29.8 Å². The van der Waals surface area contributed by atoms with Crippen LogP contribution in [0.5, 0.6) is 11.5 Å². The van der Waals surface area contributed by atoms with Gasteiger partial charge in [0, 0.05) is 5.56 Å². The van der Waals surface area contributed by atoms with Crippen molar-refractivity contribution in [1.82, 2.24) is 5.32 Å². The van der Waals surface area contributed by atoms with E-state index >= 15 is 0 Å². The molecule has 38 heavy (non-hydrogen) atoms. The minimum atomic E-state index is -0.793. The van der Waals surface area contributed by atoms with Crippen molar-refractivity contribution in [1.29, 1.82) is 0 Å². The molecule has 0 saturated heterocycles. The summed E-state index contributed by atoms with van der Waals surface area (Å²) in [4.78, 5) is 24.6. The monoisotopic (exact) mass is 511 g/mol. The fourth-order valence-corrected chi connectivity index (χ4v) is 3.69. The SMILES string of the molecule is O=C(OCc1ccccc1)Oc1ccc(CC(CO)NC(=O)c2ccc(OCc3ccccc3)cc2)cc1. The van der Waals surface area contributed by atoms with Crippen LogP contribution in [0, 0.1) is 0 Å². The van der Waals surface area contributed by atoms with Crippen LogP contribution < -0.4 is 14.8 Å². The zero-order valence-electron chi connectivity index (χ0n) is 20.8. The average molecular weight is 512 g/mol. The van der Waals surface area contributed by atoms with Gasteiger partial charge in [-0.05, 0) is 59.5 Å². The Morgan fingerprint density at radius 2 is 1.26 bits per heavy atom. The zero-order valence-corrected chi connectivity index (χ0v) is 20.8. The van der Waals surface area contributed by atoms with Crippen LogP contribution in [0.3, 0.4) is 0 Å². The molecule has 0 fully saturated rings. The van der Waals surface area contributed by atoms with E-state index in [1.807, 2.05) is 60.7 Å². The largest absolute Gasteiger partial charge is 0.514 e. The standard InChI is InChI=1S/C31H29NO6/c33-20-27(32-30(34)26-13-17-28(18-14-26)36-21-24-7-3-1-4-8-24)19-23-11-15-29(16-12-23)38-31(35)37-22-25-9-5-2-6-10-25/h1-18,27,33H,19-22H2,(H,32,34). The third-order valence-electron chi connectivity index (χ3n) is 5.73. The molecule has 0 radical (unpaired) electrons. The van der Waals surface area contributed by atoms with Crippen molar-refractivity contribution in [3.63, 3.8) is 0 Å². The van der Waals surface area contributed by atoms with E-state index < -0.39 is 12.2 Å². The van der Waals surface area contributed by atoms with E-state index in [1.165, 1.54) is 0 Å². The van der Waals surface area contributed by atoms with E-state index in [9.17, 15) is 14.7 Å². The van der Waals surface area contributed by atoms with Crippen molar-refractivity contribution < 1.29 is 28.9 Å². The first-order chi connectivity index (χ1) is 18.6. The van der Waals surface area contributed by atoms with E-state index in [4.69, 9.17) is 14.2 Å². The molecule has 0 bridgehead atoms. The normalized spacial score (nSPS) is 11.3. The van der Waals surface area contributed by atoms with E-state index in [0.29, 0.717) is 30.1 Å². The van der Waals surface area contributed by atoms with Crippen LogP contribution in [0.2, 0.25) is 0 Å². The summed E-state index contributed by atoms with van der Waals surface area (Å²) in [7, 11) is 0. The lowest BCUT2D eigenvalue weighted by molar-refractivity contribution is 0.0910. The third-order valence-corrected chi connectivity index (χ3v) is 5.73. The van der Waals surface area contributed by atoms with E-state index in [1.54, 1.807) is 48.5 Å². The molecule has 4 aromatic rings. The molecule has 7 nitrogen and oxygen atoms in total. The second kappa shape index (κ2) is 13.6. The summed E-state index contributed by atoms with van der Waals surface area (Å²) in [5.74, 6) is 0.709. The molecule has 2 N–H and O–H groups in total. The zero-order chi connectivity index (χ0) is 26.6. The molecule has 0 aliphatic heterocycles. The van der Waals surface area contributed by atoms with Gasteiger partial charge in [0.2, 0.25) is 0 Å². The number of aliphatic hydroxyl groups excluding tert-OH is 1. The molecule has 194 valence electrons. The smallest absolute Gasteiger partial charge is 0.489 e. The fraction of sp³-hybridized carbons (Fsp3) is 0.161. The van der Waals surface area contributed by atoms with Crippen molar-refractivity contribution in [2.45, 2.75) is 25.7 Å². The second-order valence-corrected chi connectivity index (χ2v) is 8.63. The number of hydrogen-bond acceptors (Lipinski definition) is 6. The number of carbonyl (C=O) groups is 2. The van der Waals surface area contributed by atoms with Gasteiger partial charge in [-0.2, -0.15) is 0 Å². The van der Waals surface area contributed by atoms with Crippen LogP contribution in [0.1, 0.15) is 27.0 Å². The second-order valence-electron chi connectivity index (χ2n) is 8.63. The molecular weight excluding hydrogens is 482 g/mol. The van der Waals surface area contributed by atoms with Gasteiger partial charge in [0.15, 0.2) is 0 Å². The Balaban J connectivity index is 1.23. The lowest BCUT2D eigenvalue weighted by Crippen LogP contribution is -2.39. The Hall–Kier alpha value is -4.62. The summed E-state index contributed by atoms with van der Waals surface area (Å²) >= 11 is 0. The molecule has 0 aliphatic rings. The number of amides is 1. The highest BCUT2D eigenvalue weighted by molar-refractivity contribution is 5.94. The van der Waals surface area contributed by atoms with Gasteiger partial charge in [-0.25, -0.2) is 4.79 Å². The minimum Gasteiger partial charge on any atom is -0.489 e. The number of aliphatic hydroxyl groups is 1. The highest BCUT2D eigenvalue weighted by Gasteiger charge is 2.15. The Morgan fingerprint density at radius 1 is 0.684 bits per heavy atom. The predicted octanol–water partition coefficient (Wildman–Crippen LogP) is 5.31. The van der Waals surface area contributed by atoms with Gasteiger partial charge in [-0.1, -0.05) is 72.8 Å². The Kier molecular flexibility index (Phi) is 9.48. The molecule has 0 saturated carbocycles. The summed E-state index contributed by atoms with van der Waals surface area (Å²) in [5, 5.41) is 12.7. The van der Waals surface area contributed by atoms with Crippen molar-refractivity contribution in [3.8, 4) is 11.5 Å². The molecule has 1 amide bonds. The van der Waals surface area contributed by atoms with E-state index in [2.05, 4.69) is 5.32 Å².